The van der Waals surface area contributed by atoms with E-state index < -0.39 is 6.10 Å². The summed E-state index contributed by atoms with van der Waals surface area (Å²) in [5.74, 6) is 0.491. The summed E-state index contributed by atoms with van der Waals surface area (Å²) in [5, 5.41) is 17.7. The van der Waals surface area contributed by atoms with E-state index in [2.05, 4.69) is 20.4 Å². The van der Waals surface area contributed by atoms with Gasteiger partial charge in [0.25, 0.3) is 0 Å². The van der Waals surface area contributed by atoms with Crippen molar-refractivity contribution >= 4 is 11.5 Å². The Kier molecular flexibility index (Phi) is 3.64. The Labute approximate surface area is 133 Å². The van der Waals surface area contributed by atoms with E-state index in [1.807, 2.05) is 28.8 Å². The van der Waals surface area contributed by atoms with Crippen LogP contribution in [-0.4, -0.2) is 50.0 Å². The van der Waals surface area contributed by atoms with Crippen molar-refractivity contribution in [2.45, 2.75) is 18.6 Å². The van der Waals surface area contributed by atoms with Gasteiger partial charge in [-0.15, -0.1) is 5.10 Å². The summed E-state index contributed by atoms with van der Waals surface area (Å²) >= 11 is 0. The van der Waals surface area contributed by atoms with Crippen molar-refractivity contribution in [2.75, 3.05) is 18.5 Å². The second-order valence-corrected chi connectivity index (χ2v) is 5.56. The van der Waals surface area contributed by atoms with Crippen molar-refractivity contribution in [1.82, 2.24) is 19.6 Å². The SMILES string of the molecule is O[C@@H]1COCC[C@H]1Nc1ncc2ccc(-c3cccnc3)n2n1. The first kappa shape index (κ1) is 14.1. The van der Waals surface area contributed by atoms with Gasteiger partial charge >= 0.3 is 0 Å². The lowest BCUT2D eigenvalue weighted by Gasteiger charge is -2.28. The molecule has 0 aliphatic carbocycles. The Morgan fingerprint density at radius 3 is 3.04 bits per heavy atom. The maximum atomic E-state index is 9.98. The Morgan fingerprint density at radius 1 is 1.26 bits per heavy atom. The van der Waals surface area contributed by atoms with Crippen molar-refractivity contribution in [3.63, 3.8) is 0 Å². The van der Waals surface area contributed by atoms with Crippen LogP contribution in [0, 0.1) is 0 Å². The molecule has 3 aromatic rings. The lowest BCUT2D eigenvalue weighted by atomic mass is 10.1. The molecule has 23 heavy (non-hydrogen) atoms. The highest BCUT2D eigenvalue weighted by Gasteiger charge is 2.24. The average Bonchev–Trinajstić information content (AvgIpc) is 3.01. The molecule has 1 fully saturated rings. The van der Waals surface area contributed by atoms with Gasteiger partial charge in [0, 0.05) is 24.6 Å². The minimum absolute atomic E-state index is 0.0985. The summed E-state index contributed by atoms with van der Waals surface area (Å²) in [6.07, 6.45) is 5.49. The van der Waals surface area contributed by atoms with E-state index in [1.54, 1.807) is 18.6 Å². The summed E-state index contributed by atoms with van der Waals surface area (Å²) in [6, 6.07) is 7.75. The van der Waals surface area contributed by atoms with Crippen LogP contribution in [0.15, 0.2) is 42.9 Å². The number of ether oxygens (including phenoxy) is 1. The van der Waals surface area contributed by atoms with Gasteiger partial charge in [0.15, 0.2) is 0 Å². The average molecular weight is 311 g/mol. The molecule has 4 rings (SSSR count). The first-order valence-corrected chi connectivity index (χ1v) is 7.59. The molecule has 0 spiro atoms. The molecule has 0 unspecified atom stereocenters. The Hall–Kier alpha value is -2.51. The molecule has 2 N–H and O–H groups in total. The van der Waals surface area contributed by atoms with E-state index >= 15 is 0 Å². The molecule has 0 radical (unpaired) electrons. The van der Waals surface area contributed by atoms with Gasteiger partial charge in [-0.1, -0.05) is 0 Å². The fourth-order valence-corrected chi connectivity index (χ4v) is 2.76. The predicted molar refractivity (Wildman–Crippen MR) is 85.1 cm³/mol. The summed E-state index contributed by atoms with van der Waals surface area (Å²) < 4.78 is 7.07. The molecule has 0 aromatic carbocycles. The van der Waals surface area contributed by atoms with Crippen molar-refractivity contribution in [3.05, 3.63) is 42.9 Å². The zero-order valence-corrected chi connectivity index (χ0v) is 12.5. The minimum Gasteiger partial charge on any atom is -0.389 e. The van der Waals surface area contributed by atoms with Gasteiger partial charge in [0.2, 0.25) is 5.95 Å². The van der Waals surface area contributed by atoms with Crippen LogP contribution in [0.1, 0.15) is 6.42 Å². The molecule has 7 nitrogen and oxygen atoms in total. The van der Waals surface area contributed by atoms with Crippen LogP contribution in [0.4, 0.5) is 5.95 Å². The zero-order chi connectivity index (χ0) is 15.6. The summed E-state index contributed by atoms with van der Waals surface area (Å²) in [4.78, 5) is 8.49. The third-order valence-electron chi connectivity index (χ3n) is 4.00. The van der Waals surface area contributed by atoms with E-state index in [0.29, 0.717) is 19.2 Å². The molecular weight excluding hydrogens is 294 g/mol. The predicted octanol–water partition coefficient (Wildman–Crippen LogP) is 1.35. The lowest BCUT2D eigenvalue weighted by Crippen LogP contribution is -2.42. The maximum Gasteiger partial charge on any atom is 0.241 e. The fraction of sp³-hybridized carbons (Fsp3) is 0.312. The third-order valence-corrected chi connectivity index (χ3v) is 4.00. The molecule has 118 valence electrons. The molecule has 0 bridgehead atoms. The van der Waals surface area contributed by atoms with E-state index in [0.717, 1.165) is 23.2 Å². The fourth-order valence-electron chi connectivity index (χ4n) is 2.76. The van der Waals surface area contributed by atoms with Crippen molar-refractivity contribution in [3.8, 4) is 11.3 Å². The van der Waals surface area contributed by atoms with Crippen LogP contribution in [0.25, 0.3) is 16.8 Å². The van der Waals surface area contributed by atoms with E-state index in [-0.39, 0.29) is 6.04 Å². The van der Waals surface area contributed by atoms with Gasteiger partial charge in [0.05, 0.1) is 36.2 Å². The Morgan fingerprint density at radius 2 is 2.22 bits per heavy atom. The largest absolute Gasteiger partial charge is 0.389 e. The van der Waals surface area contributed by atoms with Gasteiger partial charge in [0.1, 0.15) is 0 Å². The quantitative estimate of drug-likeness (QED) is 0.759. The molecule has 3 aromatic heterocycles. The highest BCUT2D eigenvalue weighted by molar-refractivity contribution is 5.65. The van der Waals surface area contributed by atoms with E-state index in [4.69, 9.17) is 4.74 Å². The number of aromatic nitrogens is 4. The number of pyridine rings is 1. The minimum atomic E-state index is -0.550. The van der Waals surface area contributed by atoms with Gasteiger partial charge < -0.3 is 15.2 Å². The van der Waals surface area contributed by atoms with Crippen molar-refractivity contribution in [1.29, 1.82) is 0 Å². The number of nitrogens with zero attached hydrogens (tertiary/aromatic N) is 4. The summed E-state index contributed by atoms with van der Waals surface area (Å²) in [5.41, 5.74) is 2.84. The highest BCUT2D eigenvalue weighted by atomic mass is 16.5. The maximum absolute atomic E-state index is 9.98. The van der Waals surface area contributed by atoms with Gasteiger partial charge in [-0.05, 0) is 30.7 Å². The number of hydrogen-bond acceptors (Lipinski definition) is 6. The molecular formula is C16H17N5O2. The van der Waals surface area contributed by atoms with Crippen molar-refractivity contribution in [2.24, 2.45) is 0 Å². The van der Waals surface area contributed by atoms with Gasteiger partial charge in [-0.25, -0.2) is 9.50 Å². The molecule has 1 aliphatic rings. The van der Waals surface area contributed by atoms with Crippen LogP contribution in [0.3, 0.4) is 0 Å². The Balaban J connectivity index is 1.67. The van der Waals surface area contributed by atoms with Crippen LogP contribution >= 0.6 is 0 Å². The molecule has 0 amide bonds. The number of aliphatic hydroxyl groups excluding tert-OH is 1. The lowest BCUT2D eigenvalue weighted by molar-refractivity contribution is -0.0136. The highest BCUT2D eigenvalue weighted by Crippen LogP contribution is 2.21. The van der Waals surface area contributed by atoms with Crippen LogP contribution < -0.4 is 5.32 Å². The molecule has 4 heterocycles. The molecule has 1 saturated heterocycles. The van der Waals surface area contributed by atoms with E-state index in [1.165, 1.54) is 0 Å². The molecule has 1 aliphatic heterocycles. The first-order chi connectivity index (χ1) is 11.3. The number of fused-ring (bicyclic) bond motifs is 1. The number of hydrogen-bond donors (Lipinski definition) is 2. The summed E-state index contributed by atoms with van der Waals surface area (Å²) in [7, 11) is 0. The van der Waals surface area contributed by atoms with Crippen LogP contribution in [0.2, 0.25) is 0 Å². The number of rotatable bonds is 3. The number of nitrogens with one attached hydrogen (secondary N) is 1. The molecule has 0 saturated carbocycles. The number of anilines is 1. The molecule has 7 heteroatoms. The topological polar surface area (TPSA) is 84.6 Å². The van der Waals surface area contributed by atoms with Crippen LogP contribution in [0.5, 0.6) is 0 Å². The normalized spacial score (nSPS) is 21.4. The number of aliphatic hydroxyl groups is 1. The van der Waals surface area contributed by atoms with E-state index in [9.17, 15) is 5.11 Å². The first-order valence-electron chi connectivity index (χ1n) is 7.59. The van der Waals surface area contributed by atoms with Gasteiger partial charge in [-0.2, -0.15) is 0 Å². The second kappa shape index (κ2) is 5.94. The van der Waals surface area contributed by atoms with Crippen molar-refractivity contribution < 1.29 is 9.84 Å². The smallest absolute Gasteiger partial charge is 0.241 e. The molecule has 2 atom stereocenters. The Bertz CT molecular complexity index is 805. The second-order valence-electron chi connectivity index (χ2n) is 5.56. The summed E-state index contributed by atoms with van der Waals surface area (Å²) in [6.45, 7) is 0.964. The zero-order valence-electron chi connectivity index (χ0n) is 12.5. The van der Waals surface area contributed by atoms with Gasteiger partial charge in [-0.3, -0.25) is 4.98 Å². The monoisotopic (exact) mass is 311 g/mol. The standard InChI is InChI=1S/C16H17N5O2/c22-15-10-23-7-5-13(15)19-16-18-9-12-3-4-14(21(12)20-16)11-2-1-6-17-8-11/h1-4,6,8-9,13,15,22H,5,7,10H2,(H,19,20)/t13-,15-/m1/s1. The third kappa shape index (κ3) is 2.76. The van der Waals surface area contributed by atoms with Crippen LogP contribution in [-0.2, 0) is 4.74 Å².